The smallest absolute Gasteiger partial charge is 0.204 e. The molecule has 0 heterocycles. The predicted molar refractivity (Wildman–Crippen MR) is 93.3 cm³/mol. The van der Waals surface area contributed by atoms with Crippen molar-refractivity contribution in [2.24, 2.45) is 5.92 Å². The second kappa shape index (κ2) is 8.80. The minimum absolute atomic E-state index is 0.0942. The van der Waals surface area contributed by atoms with Crippen LogP contribution in [0.4, 0.5) is 43.9 Å². The second-order valence-electron chi connectivity index (χ2n) is 6.88. The summed E-state index contributed by atoms with van der Waals surface area (Å²) in [4.78, 5) is 0. The van der Waals surface area contributed by atoms with Crippen LogP contribution in [-0.2, 0) is 0 Å². The number of hydrogen-bond donors (Lipinski definition) is 0. The quantitative estimate of drug-likeness (QED) is 0.245. The zero-order chi connectivity index (χ0) is 23.0. The molecule has 31 heavy (non-hydrogen) atoms. The van der Waals surface area contributed by atoms with Crippen LogP contribution in [0.3, 0.4) is 0 Å². The summed E-state index contributed by atoms with van der Waals surface area (Å²) in [6.45, 7) is -2.33. The van der Waals surface area contributed by atoms with E-state index in [0.717, 1.165) is 0 Å². The highest BCUT2D eigenvalue weighted by molar-refractivity contribution is 6.85. The number of rotatable bonds is 6. The SMILES string of the molecule is Fc1c(F)c(F)c(B(CCCC2C=CC=C2)c2c(F)c(F)c(F)c(F)c2F)c(F)c1F. The van der Waals surface area contributed by atoms with Crippen molar-refractivity contribution in [3.8, 4) is 0 Å². The number of benzene rings is 2. The lowest BCUT2D eigenvalue weighted by Gasteiger charge is -2.20. The van der Waals surface area contributed by atoms with Crippen LogP contribution < -0.4 is 10.9 Å². The van der Waals surface area contributed by atoms with Gasteiger partial charge in [0.1, 0.15) is 0 Å². The Bertz CT molecular complexity index is 953. The van der Waals surface area contributed by atoms with E-state index in [4.69, 9.17) is 0 Å². The zero-order valence-electron chi connectivity index (χ0n) is 15.4. The fourth-order valence-electron chi connectivity index (χ4n) is 3.52. The number of hydrogen-bond acceptors (Lipinski definition) is 0. The minimum Gasteiger partial charge on any atom is -0.204 e. The van der Waals surface area contributed by atoms with Gasteiger partial charge in [-0.3, -0.25) is 0 Å². The Morgan fingerprint density at radius 1 is 0.516 bits per heavy atom. The summed E-state index contributed by atoms with van der Waals surface area (Å²) in [6, 6.07) is 0. The largest absolute Gasteiger partial charge is 0.225 e. The van der Waals surface area contributed by atoms with E-state index in [1.54, 1.807) is 24.3 Å². The molecule has 0 spiro atoms. The highest BCUT2D eigenvalue weighted by Gasteiger charge is 2.39. The van der Waals surface area contributed by atoms with E-state index in [0.29, 0.717) is 0 Å². The molecule has 0 radical (unpaired) electrons. The van der Waals surface area contributed by atoms with Crippen molar-refractivity contribution in [3.05, 3.63) is 82.5 Å². The molecule has 1 aliphatic rings. The third-order valence-corrected chi connectivity index (χ3v) is 5.04. The van der Waals surface area contributed by atoms with Gasteiger partial charge >= 0.3 is 0 Å². The van der Waals surface area contributed by atoms with Gasteiger partial charge in [0.25, 0.3) is 0 Å². The van der Waals surface area contributed by atoms with E-state index in [1.165, 1.54) is 0 Å². The van der Waals surface area contributed by atoms with Gasteiger partial charge in [0.05, 0.1) is 0 Å². The molecule has 1 aliphatic carbocycles. The molecule has 0 fully saturated rings. The summed E-state index contributed by atoms with van der Waals surface area (Å²) in [6.07, 6.45) is 6.26. The Morgan fingerprint density at radius 3 is 1.19 bits per heavy atom. The van der Waals surface area contributed by atoms with Crippen LogP contribution in [0.15, 0.2) is 24.3 Å². The van der Waals surface area contributed by atoms with Crippen molar-refractivity contribution in [2.45, 2.75) is 19.2 Å². The summed E-state index contributed by atoms with van der Waals surface area (Å²) in [5.41, 5.74) is -3.34. The molecule has 164 valence electrons. The van der Waals surface area contributed by atoms with Gasteiger partial charge in [-0.25, -0.2) is 43.9 Å². The minimum atomic E-state index is -2.52. The van der Waals surface area contributed by atoms with Crippen molar-refractivity contribution in [3.63, 3.8) is 0 Å². The number of allylic oxidation sites excluding steroid dienone is 4. The molecule has 0 atom stereocenters. The monoisotopic (exact) mass is 452 g/mol. The predicted octanol–water partition coefficient (Wildman–Crippen LogP) is 5.21. The Labute approximate surface area is 170 Å². The Kier molecular flexibility index (Phi) is 6.52. The molecule has 0 saturated carbocycles. The third-order valence-electron chi connectivity index (χ3n) is 5.04. The maximum Gasteiger partial charge on any atom is 0.225 e. The van der Waals surface area contributed by atoms with Gasteiger partial charge in [0, 0.05) is 10.9 Å². The fourth-order valence-corrected chi connectivity index (χ4v) is 3.52. The molecule has 0 nitrogen and oxygen atoms in total. The molecule has 0 amide bonds. The van der Waals surface area contributed by atoms with Gasteiger partial charge in [-0.2, -0.15) is 0 Å². The van der Waals surface area contributed by atoms with Crippen molar-refractivity contribution in [1.82, 2.24) is 0 Å². The van der Waals surface area contributed by atoms with Gasteiger partial charge in [-0.1, -0.05) is 37.0 Å². The van der Waals surface area contributed by atoms with Crippen LogP contribution in [-0.4, -0.2) is 6.71 Å². The molecule has 0 saturated heterocycles. The van der Waals surface area contributed by atoms with Crippen molar-refractivity contribution in [1.29, 1.82) is 0 Å². The van der Waals surface area contributed by atoms with Crippen LogP contribution in [0.25, 0.3) is 0 Å². The van der Waals surface area contributed by atoms with Crippen molar-refractivity contribution in [2.75, 3.05) is 0 Å². The van der Waals surface area contributed by atoms with E-state index >= 15 is 0 Å². The van der Waals surface area contributed by atoms with E-state index in [9.17, 15) is 43.9 Å². The summed E-state index contributed by atoms with van der Waals surface area (Å²) in [5, 5.41) is 0. The molecule has 11 heteroatoms. The summed E-state index contributed by atoms with van der Waals surface area (Å²) >= 11 is 0. The Balaban J connectivity index is 2.18. The topological polar surface area (TPSA) is 0 Å². The first-order valence-corrected chi connectivity index (χ1v) is 8.95. The summed E-state index contributed by atoms with van der Waals surface area (Å²) < 4.78 is 139. The molecule has 0 N–H and O–H groups in total. The van der Waals surface area contributed by atoms with Crippen molar-refractivity contribution >= 4 is 17.6 Å². The van der Waals surface area contributed by atoms with Gasteiger partial charge < -0.3 is 0 Å². The molecular weight excluding hydrogens is 441 g/mol. The molecule has 0 unspecified atom stereocenters. The molecule has 0 bridgehead atoms. The van der Waals surface area contributed by atoms with Gasteiger partial charge in [-0.15, -0.1) is 0 Å². The maximum atomic E-state index is 14.4. The van der Waals surface area contributed by atoms with Crippen molar-refractivity contribution < 1.29 is 43.9 Å². The fraction of sp³-hybridized carbons (Fsp3) is 0.200. The highest BCUT2D eigenvalue weighted by atomic mass is 19.2. The second-order valence-corrected chi connectivity index (χ2v) is 6.88. The Hall–Kier alpha value is -2.72. The average Bonchev–Trinajstić information content (AvgIpc) is 3.27. The lowest BCUT2D eigenvalue weighted by atomic mass is 9.37. The first kappa shape index (κ1) is 23.0. The molecule has 2 aromatic rings. The Morgan fingerprint density at radius 2 is 0.839 bits per heavy atom. The molecule has 3 rings (SSSR count). The van der Waals surface area contributed by atoms with Crippen LogP contribution in [0.2, 0.25) is 6.32 Å². The standard InChI is InChI=1S/C20H11BF10/c22-11-9(12(23)16(27)19(30)15(11)26)21(7-3-6-8-4-1-2-5-8)10-13(24)17(28)20(31)18(29)14(10)25/h1-2,4-5,8H,3,6-7H2. The molecule has 0 aliphatic heterocycles. The lowest BCUT2D eigenvalue weighted by Crippen LogP contribution is -2.50. The normalized spacial score (nSPS) is 13.5. The lowest BCUT2D eigenvalue weighted by molar-refractivity contribution is 0.382. The van der Waals surface area contributed by atoms with Crippen LogP contribution in [0.1, 0.15) is 12.8 Å². The average molecular weight is 452 g/mol. The zero-order valence-corrected chi connectivity index (χ0v) is 15.4. The summed E-state index contributed by atoms with van der Waals surface area (Å²) in [5.74, 6) is -24.4. The van der Waals surface area contributed by atoms with Crippen LogP contribution in [0, 0.1) is 64.1 Å². The maximum absolute atomic E-state index is 14.4. The van der Waals surface area contributed by atoms with E-state index in [1.807, 2.05) is 0 Å². The number of halogens is 10. The highest BCUT2D eigenvalue weighted by Crippen LogP contribution is 2.24. The van der Waals surface area contributed by atoms with Gasteiger partial charge in [0.2, 0.25) is 6.71 Å². The van der Waals surface area contributed by atoms with E-state index in [2.05, 4.69) is 0 Å². The van der Waals surface area contributed by atoms with E-state index < -0.39 is 82.1 Å². The molecule has 0 aromatic heterocycles. The third kappa shape index (κ3) is 3.97. The summed E-state index contributed by atoms with van der Waals surface area (Å²) in [7, 11) is 0. The first-order valence-electron chi connectivity index (χ1n) is 8.95. The molecule has 2 aromatic carbocycles. The van der Waals surface area contributed by atoms with Crippen LogP contribution >= 0.6 is 0 Å². The van der Waals surface area contributed by atoms with Gasteiger partial charge in [0.15, 0.2) is 58.2 Å². The van der Waals surface area contributed by atoms with Gasteiger partial charge in [-0.05, 0) is 12.3 Å². The van der Waals surface area contributed by atoms with E-state index in [-0.39, 0.29) is 18.8 Å². The molecular formula is C20H11BF10. The first-order chi connectivity index (χ1) is 14.6. The van der Waals surface area contributed by atoms with Crippen LogP contribution in [0.5, 0.6) is 0 Å².